The number of ketones is 1. The third-order valence-corrected chi connectivity index (χ3v) is 4.28. The largest absolute Gasteiger partial charge is 0.352 e. The van der Waals surface area contributed by atoms with Crippen LogP contribution in [0.2, 0.25) is 0 Å². The number of Topliss-reactive ketones (excluding diaryl/α,β-unsaturated/α-hetero) is 1. The topological polar surface area (TPSA) is 87.7 Å². The number of fused-ring (bicyclic) bond motifs is 3. The van der Waals surface area contributed by atoms with Crippen LogP contribution in [0.3, 0.4) is 0 Å². The molecule has 0 saturated carbocycles. The lowest BCUT2D eigenvalue weighted by molar-refractivity contribution is 0.0972. The lowest BCUT2D eigenvalue weighted by Crippen LogP contribution is -2.19. The second kappa shape index (κ2) is 5.88. The van der Waals surface area contributed by atoms with Gasteiger partial charge in [0.25, 0.3) is 5.56 Å². The van der Waals surface area contributed by atoms with Crippen LogP contribution in [-0.2, 0) is 13.0 Å². The fourth-order valence-electron chi connectivity index (χ4n) is 3.09. The summed E-state index contributed by atoms with van der Waals surface area (Å²) in [4.78, 5) is 35.9. The van der Waals surface area contributed by atoms with Crippen molar-refractivity contribution in [3.63, 3.8) is 0 Å². The molecule has 1 aliphatic carbocycles. The Morgan fingerprint density at radius 1 is 1.12 bits per heavy atom. The molecule has 3 aromatic rings. The Balaban J connectivity index is 1.72. The number of pyridine rings is 1. The Kier molecular flexibility index (Phi) is 3.57. The third kappa shape index (κ3) is 2.56. The zero-order valence-electron chi connectivity index (χ0n) is 13.0. The number of rotatable bonds is 3. The van der Waals surface area contributed by atoms with Gasteiger partial charge in [0.05, 0.1) is 5.39 Å². The van der Waals surface area contributed by atoms with Gasteiger partial charge in [0.2, 0.25) is 5.95 Å². The van der Waals surface area contributed by atoms with Crippen molar-refractivity contribution in [1.29, 1.82) is 0 Å². The summed E-state index contributed by atoms with van der Waals surface area (Å²) in [6, 6.07) is 9.85. The monoisotopic (exact) mass is 320 g/mol. The summed E-state index contributed by atoms with van der Waals surface area (Å²) in [5.41, 5.74) is 2.55. The Morgan fingerprint density at radius 3 is 2.79 bits per heavy atom. The van der Waals surface area contributed by atoms with E-state index in [2.05, 4.69) is 20.3 Å². The predicted molar refractivity (Wildman–Crippen MR) is 91.2 cm³/mol. The zero-order valence-corrected chi connectivity index (χ0v) is 13.0. The van der Waals surface area contributed by atoms with Gasteiger partial charge in [0.1, 0.15) is 0 Å². The molecule has 0 amide bonds. The van der Waals surface area contributed by atoms with Crippen molar-refractivity contribution < 1.29 is 4.79 Å². The number of carbonyl (C=O) groups is 1. The fourth-order valence-corrected chi connectivity index (χ4v) is 3.09. The number of H-pyrrole nitrogens is 1. The van der Waals surface area contributed by atoms with Gasteiger partial charge in [0.15, 0.2) is 11.4 Å². The van der Waals surface area contributed by atoms with Gasteiger partial charge in [0, 0.05) is 24.7 Å². The van der Waals surface area contributed by atoms with Crippen molar-refractivity contribution in [3.8, 4) is 0 Å². The first kappa shape index (κ1) is 14.6. The minimum absolute atomic E-state index is 0.0522. The van der Waals surface area contributed by atoms with Crippen LogP contribution in [0.15, 0.2) is 41.3 Å². The summed E-state index contributed by atoms with van der Waals surface area (Å²) in [6.07, 6.45) is 3.54. The van der Waals surface area contributed by atoms with Gasteiger partial charge in [-0.25, -0.2) is 4.98 Å². The summed E-state index contributed by atoms with van der Waals surface area (Å²) in [6.45, 7) is 0.554. The summed E-state index contributed by atoms with van der Waals surface area (Å²) >= 11 is 0. The van der Waals surface area contributed by atoms with E-state index in [1.165, 1.54) is 0 Å². The van der Waals surface area contributed by atoms with E-state index in [9.17, 15) is 9.59 Å². The van der Waals surface area contributed by atoms with Crippen LogP contribution in [0.4, 0.5) is 5.95 Å². The van der Waals surface area contributed by atoms with E-state index in [1.54, 1.807) is 6.20 Å². The molecule has 0 unspecified atom stereocenters. The van der Waals surface area contributed by atoms with E-state index in [-0.39, 0.29) is 11.3 Å². The molecule has 0 saturated heterocycles. The molecule has 4 rings (SSSR count). The standard InChI is InChI=1S/C18H16N4O2/c23-14-8-4-7-12-13(14)10-19-16-15(12)17(24)22-18(21-16)20-9-11-5-2-1-3-6-11/h1-3,5-6,10H,4,7-9H2,(H2,19,20,21,22,24). The van der Waals surface area contributed by atoms with Gasteiger partial charge >= 0.3 is 0 Å². The highest BCUT2D eigenvalue weighted by atomic mass is 16.1. The molecule has 0 atom stereocenters. The number of carbonyl (C=O) groups excluding carboxylic acids is 1. The molecular formula is C18H16N4O2. The highest BCUT2D eigenvalue weighted by molar-refractivity contribution is 6.01. The minimum atomic E-state index is -0.255. The van der Waals surface area contributed by atoms with Crippen LogP contribution in [0, 0.1) is 0 Å². The molecule has 120 valence electrons. The van der Waals surface area contributed by atoms with Gasteiger partial charge in [-0.2, -0.15) is 4.98 Å². The van der Waals surface area contributed by atoms with Gasteiger partial charge in [-0.1, -0.05) is 30.3 Å². The van der Waals surface area contributed by atoms with Crippen LogP contribution < -0.4 is 10.9 Å². The quantitative estimate of drug-likeness (QED) is 0.774. The molecule has 0 radical (unpaired) electrons. The first-order valence-corrected chi connectivity index (χ1v) is 7.95. The summed E-state index contributed by atoms with van der Waals surface area (Å²) in [5.74, 6) is 0.433. The van der Waals surface area contributed by atoms with Crippen LogP contribution >= 0.6 is 0 Å². The third-order valence-electron chi connectivity index (χ3n) is 4.28. The molecule has 2 N–H and O–H groups in total. The van der Waals surface area contributed by atoms with Gasteiger partial charge < -0.3 is 5.32 Å². The number of aromatic amines is 1. The molecule has 1 aliphatic rings. The fraction of sp³-hybridized carbons (Fsp3) is 0.222. The molecular weight excluding hydrogens is 304 g/mol. The number of anilines is 1. The summed E-state index contributed by atoms with van der Waals surface area (Å²) in [7, 11) is 0. The summed E-state index contributed by atoms with van der Waals surface area (Å²) < 4.78 is 0. The average Bonchev–Trinajstić information content (AvgIpc) is 2.60. The normalized spacial score (nSPS) is 13.8. The first-order valence-electron chi connectivity index (χ1n) is 7.95. The number of hydrogen-bond acceptors (Lipinski definition) is 5. The smallest absolute Gasteiger partial charge is 0.262 e. The lowest BCUT2D eigenvalue weighted by Gasteiger charge is -2.15. The number of nitrogens with zero attached hydrogens (tertiary/aromatic N) is 2. The van der Waals surface area contributed by atoms with E-state index < -0.39 is 0 Å². The zero-order chi connectivity index (χ0) is 16.5. The molecule has 0 spiro atoms. The maximum Gasteiger partial charge on any atom is 0.262 e. The maximum atomic E-state index is 12.5. The molecule has 2 heterocycles. The van der Waals surface area contributed by atoms with Gasteiger partial charge in [-0.3, -0.25) is 14.6 Å². The van der Waals surface area contributed by atoms with Crippen molar-refractivity contribution in [1.82, 2.24) is 15.0 Å². The highest BCUT2D eigenvalue weighted by Gasteiger charge is 2.22. The molecule has 6 heteroatoms. The Morgan fingerprint density at radius 2 is 1.96 bits per heavy atom. The van der Waals surface area contributed by atoms with Gasteiger partial charge in [-0.15, -0.1) is 0 Å². The van der Waals surface area contributed by atoms with Crippen molar-refractivity contribution in [2.24, 2.45) is 0 Å². The van der Waals surface area contributed by atoms with Crippen molar-refractivity contribution >= 4 is 22.8 Å². The van der Waals surface area contributed by atoms with Crippen LogP contribution in [-0.4, -0.2) is 20.7 Å². The average molecular weight is 320 g/mol. The highest BCUT2D eigenvalue weighted by Crippen LogP contribution is 2.25. The Bertz CT molecular complexity index is 979. The number of aromatic nitrogens is 3. The molecule has 1 aromatic carbocycles. The number of nitrogens with one attached hydrogen (secondary N) is 2. The first-order chi connectivity index (χ1) is 11.7. The van der Waals surface area contributed by atoms with Crippen LogP contribution in [0.5, 0.6) is 0 Å². The van der Waals surface area contributed by atoms with E-state index in [0.717, 1.165) is 17.5 Å². The van der Waals surface area contributed by atoms with E-state index in [4.69, 9.17) is 0 Å². The molecule has 0 aliphatic heterocycles. The molecule has 24 heavy (non-hydrogen) atoms. The van der Waals surface area contributed by atoms with Crippen molar-refractivity contribution in [2.45, 2.75) is 25.8 Å². The number of aryl methyl sites for hydroxylation is 1. The molecule has 2 aromatic heterocycles. The second-order valence-corrected chi connectivity index (χ2v) is 5.88. The number of hydrogen-bond donors (Lipinski definition) is 2. The predicted octanol–water partition coefficient (Wildman–Crippen LogP) is 2.45. The molecule has 0 fully saturated rings. The summed E-state index contributed by atoms with van der Waals surface area (Å²) in [5, 5.41) is 3.55. The van der Waals surface area contributed by atoms with E-state index in [1.807, 2.05) is 30.3 Å². The molecule has 0 bridgehead atoms. The van der Waals surface area contributed by atoms with Crippen LogP contribution in [0.25, 0.3) is 11.0 Å². The van der Waals surface area contributed by atoms with Crippen molar-refractivity contribution in [3.05, 3.63) is 63.6 Å². The minimum Gasteiger partial charge on any atom is -0.352 e. The maximum absolute atomic E-state index is 12.5. The van der Waals surface area contributed by atoms with Crippen molar-refractivity contribution in [2.75, 3.05) is 5.32 Å². The second-order valence-electron chi connectivity index (χ2n) is 5.88. The Hall–Kier alpha value is -3.02. The number of benzene rings is 1. The SMILES string of the molecule is O=C1CCCc2c1cnc1nc(NCc3ccccc3)[nH]c(=O)c21. The van der Waals surface area contributed by atoms with Gasteiger partial charge in [-0.05, 0) is 24.0 Å². The van der Waals surface area contributed by atoms with E-state index in [0.29, 0.717) is 41.9 Å². The lowest BCUT2D eigenvalue weighted by atomic mass is 9.90. The van der Waals surface area contributed by atoms with E-state index >= 15 is 0 Å². The molecule has 6 nitrogen and oxygen atoms in total. The Labute approximate surface area is 138 Å². The van der Waals surface area contributed by atoms with Crippen LogP contribution in [0.1, 0.15) is 34.3 Å².